The normalized spacial score (nSPS) is 33.1. The molecule has 2 saturated heterocycles. The Bertz CT molecular complexity index is 393. The zero-order valence-corrected chi connectivity index (χ0v) is 15.0. The Labute approximate surface area is 140 Å². The Morgan fingerprint density at radius 3 is 2.13 bits per heavy atom. The smallest absolute Gasteiger partial charge is 0.239 e. The summed E-state index contributed by atoms with van der Waals surface area (Å²) in [5.41, 5.74) is 0. The van der Waals surface area contributed by atoms with E-state index in [1.165, 1.54) is 25.7 Å². The van der Waals surface area contributed by atoms with Crippen molar-refractivity contribution in [1.82, 2.24) is 14.7 Å². The molecule has 1 aliphatic carbocycles. The first kappa shape index (κ1) is 17.2. The summed E-state index contributed by atoms with van der Waals surface area (Å²) in [4.78, 5) is 19.9. The third-order valence-corrected chi connectivity index (χ3v) is 5.83. The minimum absolute atomic E-state index is 0.00164. The molecule has 3 rings (SSSR count). The van der Waals surface area contributed by atoms with Crippen molar-refractivity contribution >= 4 is 5.91 Å². The molecule has 1 amide bonds. The predicted octanol–water partition coefficient (Wildman–Crippen LogP) is 1.57. The zero-order chi connectivity index (χ0) is 16.4. The van der Waals surface area contributed by atoms with Crippen molar-refractivity contribution in [3.63, 3.8) is 0 Å². The standard InChI is InChI=1S/C18H33N3O2/c1-14-12-21(13-15(2)23-14)18(22)16(3)19-8-10-20(11-9-19)17-6-4-5-7-17/h14-17H,4-13H2,1-3H3. The number of morpholine rings is 1. The van der Waals surface area contributed by atoms with Gasteiger partial charge in [-0.2, -0.15) is 0 Å². The summed E-state index contributed by atoms with van der Waals surface area (Å²) in [6.45, 7) is 12.0. The van der Waals surface area contributed by atoms with Gasteiger partial charge in [0.2, 0.25) is 5.91 Å². The predicted molar refractivity (Wildman–Crippen MR) is 91.5 cm³/mol. The second-order valence-electron chi connectivity index (χ2n) is 7.69. The molecule has 2 aliphatic heterocycles. The fraction of sp³-hybridized carbons (Fsp3) is 0.944. The van der Waals surface area contributed by atoms with Crippen LogP contribution in [0, 0.1) is 0 Å². The average Bonchev–Trinajstić information content (AvgIpc) is 3.07. The number of rotatable bonds is 3. The molecule has 0 aromatic carbocycles. The number of hydrogen-bond acceptors (Lipinski definition) is 4. The van der Waals surface area contributed by atoms with Crippen molar-refractivity contribution < 1.29 is 9.53 Å². The summed E-state index contributed by atoms with van der Waals surface area (Å²) < 4.78 is 5.75. The Hall–Kier alpha value is -0.650. The van der Waals surface area contributed by atoms with Crippen molar-refractivity contribution in [3.05, 3.63) is 0 Å². The average molecular weight is 323 g/mol. The van der Waals surface area contributed by atoms with Crippen molar-refractivity contribution in [1.29, 1.82) is 0 Å². The van der Waals surface area contributed by atoms with E-state index in [4.69, 9.17) is 4.74 Å². The molecule has 1 saturated carbocycles. The van der Waals surface area contributed by atoms with Crippen molar-refractivity contribution in [2.45, 2.75) is 70.7 Å². The molecular weight excluding hydrogens is 290 g/mol. The molecule has 23 heavy (non-hydrogen) atoms. The molecule has 132 valence electrons. The lowest BCUT2D eigenvalue weighted by molar-refractivity contribution is -0.149. The van der Waals surface area contributed by atoms with Gasteiger partial charge >= 0.3 is 0 Å². The molecule has 5 nitrogen and oxygen atoms in total. The van der Waals surface area contributed by atoms with E-state index < -0.39 is 0 Å². The monoisotopic (exact) mass is 323 g/mol. The lowest BCUT2D eigenvalue weighted by atomic mass is 10.1. The lowest BCUT2D eigenvalue weighted by Gasteiger charge is -2.42. The van der Waals surface area contributed by atoms with E-state index in [2.05, 4.69) is 30.6 Å². The van der Waals surface area contributed by atoms with Gasteiger partial charge in [-0.05, 0) is 33.6 Å². The largest absolute Gasteiger partial charge is 0.372 e. The Kier molecular flexibility index (Phi) is 5.60. The number of carbonyl (C=O) groups excluding carboxylic acids is 1. The Balaban J connectivity index is 1.50. The summed E-state index contributed by atoms with van der Waals surface area (Å²) in [5, 5.41) is 0. The van der Waals surface area contributed by atoms with Crippen LogP contribution >= 0.6 is 0 Å². The van der Waals surface area contributed by atoms with Crippen LogP contribution in [0.15, 0.2) is 0 Å². The van der Waals surface area contributed by atoms with Gasteiger partial charge in [0.15, 0.2) is 0 Å². The molecule has 0 aromatic heterocycles. The maximum atomic E-state index is 12.8. The molecule has 3 fully saturated rings. The van der Waals surface area contributed by atoms with Gasteiger partial charge in [-0.1, -0.05) is 12.8 Å². The first-order chi connectivity index (χ1) is 11.0. The Morgan fingerprint density at radius 2 is 1.57 bits per heavy atom. The van der Waals surface area contributed by atoms with Crippen LogP contribution < -0.4 is 0 Å². The van der Waals surface area contributed by atoms with E-state index in [1.807, 2.05) is 4.90 Å². The summed E-state index contributed by atoms with van der Waals surface area (Å²) in [6.07, 6.45) is 5.83. The third kappa shape index (κ3) is 4.06. The highest BCUT2D eigenvalue weighted by Crippen LogP contribution is 2.25. The second kappa shape index (κ2) is 7.49. The van der Waals surface area contributed by atoms with Crippen LogP contribution in [-0.4, -0.2) is 84.2 Å². The number of carbonyl (C=O) groups is 1. The third-order valence-electron chi connectivity index (χ3n) is 5.83. The second-order valence-corrected chi connectivity index (χ2v) is 7.69. The number of hydrogen-bond donors (Lipinski definition) is 0. The number of amides is 1. The minimum atomic E-state index is -0.00164. The van der Waals surface area contributed by atoms with Crippen LogP contribution in [0.25, 0.3) is 0 Å². The van der Waals surface area contributed by atoms with Crippen LogP contribution in [-0.2, 0) is 9.53 Å². The van der Waals surface area contributed by atoms with Gasteiger partial charge in [-0.15, -0.1) is 0 Å². The van der Waals surface area contributed by atoms with Gasteiger partial charge in [-0.25, -0.2) is 0 Å². The van der Waals surface area contributed by atoms with Crippen molar-refractivity contribution in [3.8, 4) is 0 Å². The summed E-state index contributed by atoms with van der Waals surface area (Å²) >= 11 is 0. The van der Waals surface area contributed by atoms with Crippen LogP contribution in [0.5, 0.6) is 0 Å². The molecule has 0 bridgehead atoms. The van der Waals surface area contributed by atoms with Crippen molar-refractivity contribution in [2.75, 3.05) is 39.3 Å². The molecule has 3 aliphatic rings. The van der Waals surface area contributed by atoms with Gasteiger partial charge < -0.3 is 9.64 Å². The lowest BCUT2D eigenvalue weighted by Crippen LogP contribution is -2.58. The van der Waals surface area contributed by atoms with Gasteiger partial charge in [0.1, 0.15) is 0 Å². The first-order valence-electron chi connectivity index (χ1n) is 9.47. The highest BCUT2D eigenvalue weighted by atomic mass is 16.5. The van der Waals surface area contributed by atoms with Gasteiger partial charge in [0, 0.05) is 45.3 Å². The van der Waals surface area contributed by atoms with Crippen LogP contribution in [0.2, 0.25) is 0 Å². The van der Waals surface area contributed by atoms with Gasteiger partial charge in [0.05, 0.1) is 18.2 Å². The van der Waals surface area contributed by atoms with Gasteiger partial charge in [0.25, 0.3) is 0 Å². The van der Waals surface area contributed by atoms with E-state index in [0.717, 1.165) is 45.3 Å². The molecule has 2 heterocycles. The Morgan fingerprint density at radius 1 is 1.00 bits per heavy atom. The highest BCUT2D eigenvalue weighted by molar-refractivity contribution is 5.81. The van der Waals surface area contributed by atoms with E-state index in [1.54, 1.807) is 0 Å². The van der Waals surface area contributed by atoms with E-state index >= 15 is 0 Å². The molecule has 3 unspecified atom stereocenters. The number of ether oxygens (including phenoxy) is 1. The van der Waals surface area contributed by atoms with Crippen LogP contribution in [0.1, 0.15) is 46.5 Å². The van der Waals surface area contributed by atoms with E-state index in [9.17, 15) is 4.79 Å². The summed E-state index contributed by atoms with van der Waals surface area (Å²) in [6, 6.07) is 0.808. The topological polar surface area (TPSA) is 36.0 Å². The summed E-state index contributed by atoms with van der Waals surface area (Å²) in [5.74, 6) is 0.279. The fourth-order valence-corrected chi connectivity index (χ4v) is 4.54. The van der Waals surface area contributed by atoms with E-state index in [0.29, 0.717) is 0 Å². The minimum Gasteiger partial charge on any atom is -0.372 e. The fourth-order valence-electron chi connectivity index (χ4n) is 4.54. The molecule has 0 radical (unpaired) electrons. The maximum Gasteiger partial charge on any atom is 0.239 e. The number of nitrogens with zero attached hydrogens (tertiary/aromatic N) is 3. The number of piperazine rings is 1. The summed E-state index contributed by atoms with van der Waals surface area (Å²) in [7, 11) is 0. The van der Waals surface area contributed by atoms with Crippen LogP contribution in [0.3, 0.4) is 0 Å². The quantitative estimate of drug-likeness (QED) is 0.790. The molecule has 0 spiro atoms. The zero-order valence-electron chi connectivity index (χ0n) is 15.0. The molecule has 3 atom stereocenters. The highest BCUT2D eigenvalue weighted by Gasteiger charge is 2.33. The van der Waals surface area contributed by atoms with Gasteiger partial charge in [-0.3, -0.25) is 14.6 Å². The molecular formula is C18H33N3O2. The SMILES string of the molecule is CC1CN(C(=O)C(C)N2CCN(C3CCCC3)CC2)CC(C)O1. The molecule has 0 N–H and O–H groups in total. The first-order valence-corrected chi connectivity index (χ1v) is 9.47. The molecule has 0 aromatic rings. The van der Waals surface area contributed by atoms with Crippen LogP contribution in [0.4, 0.5) is 0 Å². The van der Waals surface area contributed by atoms with Crippen molar-refractivity contribution in [2.24, 2.45) is 0 Å². The molecule has 5 heteroatoms. The van der Waals surface area contributed by atoms with E-state index in [-0.39, 0.29) is 24.2 Å². The maximum absolute atomic E-state index is 12.8.